The first-order valence-corrected chi connectivity index (χ1v) is 8.40. The maximum absolute atomic E-state index is 12.4. The van der Waals surface area contributed by atoms with E-state index in [0.717, 1.165) is 22.4 Å². The molecule has 0 aliphatic heterocycles. The molecular weight excluding hydrogens is 308 g/mol. The molecular formula is C18H16N2O2S. The highest BCUT2D eigenvalue weighted by molar-refractivity contribution is 7.16. The number of benzene rings is 2. The predicted molar refractivity (Wildman–Crippen MR) is 91.2 cm³/mol. The van der Waals surface area contributed by atoms with Crippen LogP contribution in [0.1, 0.15) is 28.3 Å². The van der Waals surface area contributed by atoms with Gasteiger partial charge in [-0.3, -0.25) is 4.79 Å². The smallest absolute Gasteiger partial charge is 0.251 e. The van der Waals surface area contributed by atoms with E-state index in [9.17, 15) is 4.79 Å². The van der Waals surface area contributed by atoms with Gasteiger partial charge in [0, 0.05) is 17.5 Å². The molecule has 1 amide bonds. The number of thiazole rings is 1. The summed E-state index contributed by atoms with van der Waals surface area (Å²) in [6.07, 6.45) is 0.987. The number of aromatic nitrogens is 1. The number of carbonyl (C=O) groups excluding carboxylic acids is 1. The molecule has 1 fully saturated rings. The number of nitrogens with zero attached hydrogens (tertiary/aromatic N) is 1. The zero-order valence-corrected chi connectivity index (χ0v) is 13.5. The topological polar surface area (TPSA) is 51.2 Å². The van der Waals surface area contributed by atoms with Gasteiger partial charge in [-0.05, 0) is 42.3 Å². The van der Waals surface area contributed by atoms with Crippen molar-refractivity contribution in [1.82, 2.24) is 10.3 Å². The maximum Gasteiger partial charge on any atom is 0.251 e. The fraction of sp³-hybridized carbons (Fsp3) is 0.222. The summed E-state index contributed by atoms with van der Waals surface area (Å²) in [6, 6.07) is 13.9. The molecule has 2 atom stereocenters. The first-order chi connectivity index (χ1) is 11.2. The average molecular weight is 324 g/mol. The minimum Gasteiger partial charge on any atom is -0.497 e. The molecule has 1 heterocycles. The van der Waals surface area contributed by atoms with Gasteiger partial charge in [0.15, 0.2) is 0 Å². The van der Waals surface area contributed by atoms with E-state index in [2.05, 4.69) is 22.4 Å². The van der Waals surface area contributed by atoms with Crippen molar-refractivity contribution in [1.29, 1.82) is 0 Å². The molecule has 23 heavy (non-hydrogen) atoms. The van der Waals surface area contributed by atoms with Crippen molar-refractivity contribution in [3.8, 4) is 5.75 Å². The van der Waals surface area contributed by atoms with Crippen LogP contribution in [0.25, 0.3) is 10.2 Å². The third kappa shape index (κ3) is 2.80. The third-order valence-electron chi connectivity index (χ3n) is 4.24. The number of ether oxygens (including phenoxy) is 1. The fourth-order valence-corrected chi connectivity index (χ4v) is 3.54. The highest BCUT2D eigenvalue weighted by Crippen LogP contribution is 2.41. The molecule has 1 saturated carbocycles. The van der Waals surface area contributed by atoms with Gasteiger partial charge in [0.05, 0.1) is 22.8 Å². The van der Waals surface area contributed by atoms with Crippen molar-refractivity contribution in [3.05, 3.63) is 59.1 Å². The van der Waals surface area contributed by atoms with Crippen molar-refractivity contribution < 1.29 is 9.53 Å². The van der Waals surface area contributed by atoms with E-state index in [4.69, 9.17) is 4.74 Å². The molecule has 1 aliphatic rings. The molecule has 3 aromatic rings. The molecule has 0 bridgehead atoms. The van der Waals surface area contributed by atoms with Crippen LogP contribution in [0.4, 0.5) is 0 Å². The third-order valence-corrected chi connectivity index (χ3v) is 5.04. The van der Waals surface area contributed by atoms with Crippen LogP contribution in [0.15, 0.2) is 48.0 Å². The molecule has 0 saturated heterocycles. The van der Waals surface area contributed by atoms with Crippen LogP contribution < -0.4 is 10.1 Å². The van der Waals surface area contributed by atoms with Gasteiger partial charge in [0.2, 0.25) is 0 Å². The van der Waals surface area contributed by atoms with Gasteiger partial charge in [-0.15, -0.1) is 11.3 Å². The summed E-state index contributed by atoms with van der Waals surface area (Å²) in [7, 11) is 1.66. The van der Waals surface area contributed by atoms with Gasteiger partial charge in [0.1, 0.15) is 5.75 Å². The summed E-state index contributed by atoms with van der Waals surface area (Å²) in [5, 5.41) is 3.12. The van der Waals surface area contributed by atoms with E-state index in [-0.39, 0.29) is 11.9 Å². The van der Waals surface area contributed by atoms with Crippen LogP contribution in [-0.4, -0.2) is 24.0 Å². The number of hydrogen-bond acceptors (Lipinski definition) is 4. The monoisotopic (exact) mass is 324 g/mol. The Kier molecular flexibility index (Phi) is 3.50. The van der Waals surface area contributed by atoms with E-state index in [1.54, 1.807) is 24.0 Å². The summed E-state index contributed by atoms with van der Waals surface area (Å²) in [5.41, 5.74) is 4.68. The molecule has 2 aromatic carbocycles. The highest BCUT2D eigenvalue weighted by atomic mass is 32.1. The van der Waals surface area contributed by atoms with Crippen LogP contribution in [-0.2, 0) is 0 Å². The average Bonchev–Trinajstić information content (AvgIpc) is 3.18. The van der Waals surface area contributed by atoms with E-state index < -0.39 is 0 Å². The SMILES string of the molecule is COc1ccc([C@@H]2C[C@H]2NC(=O)c2ccc3ncsc3c2)cc1. The van der Waals surface area contributed by atoms with Gasteiger partial charge in [-0.2, -0.15) is 0 Å². The zero-order valence-electron chi connectivity index (χ0n) is 12.7. The summed E-state index contributed by atoms with van der Waals surface area (Å²) < 4.78 is 6.21. The van der Waals surface area contributed by atoms with Crippen LogP contribution in [0.3, 0.4) is 0 Å². The molecule has 0 radical (unpaired) electrons. The second-order valence-electron chi connectivity index (χ2n) is 5.73. The maximum atomic E-state index is 12.4. The highest BCUT2D eigenvalue weighted by Gasteiger charge is 2.39. The zero-order chi connectivity index (χ0) is 15.8. The first kappa shape index (κ1) is 14.2. The Labute approximate surface area is 138 Å². The van der Waals surface area contributed by atoms with E-state index >= 15 is 0 Å². The standard InChI is InChI=1S/C18H16N2O2S/c1-22-13-5-2-11(3-6-13)14-9-16(14)20-18(21)12-4-7-15-17(8-12)23-10-19-15/h2-8,10,14,16H,9H2,1H3,(H,20,21)/t14-,16+/m0/s1. The van der Waals surface area contributed by atoms with Crippen molar-refractivity contribution in [2.45, 2.75) is 18.4 Å². The Morgan fingerprint density at radius 1 is 1.26 bits per heavy atom. The minimum absolute atomic E-state index is 0.0127. The Morgan fingerprint density at radius 2 is 2.09 bits per heavy atom. The summed E-state index contributed by atoms with van der Waals surface area (Å²) in [4.78, 5) is 16.6. The minimum atomic E-state index is -0.0127. The quantitative estimate of drug-likeness (QED) is 0.798. The molecule has 0 unspecified atom stereocenters. The Morgan fingerprint density at radius 3 is 2.87 bits per heavy atom. The first-order valence-electron chi connectivity index (χ1n) is 7.52. The number of amides is 1. The molecule has 1 aromatic heterocycles. The number of carbonyl (C=O) groups is 1. The van der Waals surface area contributed by atoms with Gasteiger partial charge in [0.25, 0.3) is 5.91 Å². The summed E-state index contributed by atoms with van der Waals surface area (Å²) in [5.74, 6) is 1.24. The van der Waals surface area contributed by atoms with Crippen molar-refractivity contribution >= 4 is 27.5 Å². The van der Waals surface area contributed by atoms with Crippen LogP contribution in [0.5, 0.6) is 5.75 Å². The largest absolute Gasteiger partial charge is 0.497 e. The number of nitrogens with one attached hydrogen (secondary N) is 1. The lowest BCUT2D eigenvalue weighted by Gasteiger charge is -2.06. The molecule has 5 heteroatoms. The number of hydrogen-bond donors (Lipinski definition) is 1. The normalized spacial score (nSPS) is 19.5. The Bertz CT molecular complexity index is 857. The van der Waals surface area contributed by atoms with Crippen LogP contribution in [0.2, 0.25) is 0 Å². The van der Waals surface area contributed by atoms with Crippen molar-refractivity contribution in [2.75, 3.05) is 7.11 Å². The predicted octanol–water partition coefficient (Wildman–Crippen LogP) is 3.59. The lowest BCUT2D eigenvalue weighted by Crippen LogP contribution is -2.26. The van der Waals surface area contributed by atoms with Gasteiger partial charge in [-0.1, -0.05) is 12.1 Å². The lowest BCUT2D eigenvalue weighted by molar-refractivity contribution is 0.0950. The van der Waals surface area contributed by atoms with Crippen molar-refractivity contribution in [2.24, 2.45) is 0 Å². The second-order valence-corrected chi connectivity index (χ2v) is 6.62. The summed E-state index contributed by atoms with van der Waals surface area (Å²) >= 11 is 1.55. The van der Waals surface area contributed by atoms with Gasteiger partial charge < -0.3 is 10.1 Å². The molecule has 4 rings (SSSR count). The van der Waals surface area contributed by atoms with Crippen LogP contribution in [0, 0.1) is 0 Å². The molecule has 4 nitrogen and oxygen atoms in total. The molecule has 116 valence electrons. The Hall–Kier alpha value is -2.40. The molecule has 1 N–H and O–H groups in total. The molecule has 1 aliphatic carbocycles. The lowest BCUT2D eigenvalue weighted by atomic mass is 10.1. The number of methoxy groups -OCH3 is 1. The summed E-state index contributed by atoms with van der Waals surface area (Å²) in [6.45, 7) is 0. The van der Waals surface area contributed by atoms with E-state index in [0.29, 0.717) is 11.5 Å². The van der Waals surface area contributed by atoms with Gasteiger partial charge in [-0.25, -0.2) is 4.98 Å². The van der Waals surface area contributed by atoms with Gasteiger partial charge >= 0.3 is 0 Å². The van der Waals surface area contributed by atoms with Crippen LogP contribution >= 0.6 is 11.3 Å². The number of fused-ring (bicyclic) bond motifs is 1. The second kappa shape index (κ2) is 5.66. The Balaban J connectivity index is 1.43. The van der Waals surface area contributed by atoms with E-state index in [1.807, 2.05) is 30.3 Å². The van der Waals surface area contributed by atoms with Crippen molar-refractivity contribution in [3.63, 3.8) is 0 Å². The molecule has 0 spiro atoms. The fourth-order valence-electron chi connectivity index (χ4n) is 2.82. The van der Waals surface area contributed by atoms with E-state index in [1.165, 1.54) is 5.56 Å². The number of rotatable bonds is 4.